The molecule has 0 aliphatic carbocycles. The van der Waals surface area contributed by atoms with Crippen LogP contribution in [0.3, 0.4) is 0 Å². The van der Waals surface area contributed by atoms with E-state index in [1.807, 2.05) is 26.8 Å². The Bertz CT molecular complexity index is 1160. The molecule has 0 radical (unpaired) electrons. The average Bonchev–Trinajstić information content (AvgIpc) is 2.94. The van der Waals surface area contributed by atoms with E-state index >= 15 is 0 Å². The van der Waals surface area contributed by atoms with Gasteiger partial charge < -0.3 is 0 Å². The van der Waals surface area contributed by atoms with Crippen molar-refractivity contribution in [3.63, 3.8) is 0 Å². The van der Waals surface area contributed by atoms with Crippen molar-refractivity contribution >= 4 is 38.9 Å². The molecule has 0 amide bonds. The summed E-state index contributed by atoms with van der Waals surface area (Å²) in [6.45, 7) is 9.97. The number of thioether (sulfide) groups is 1. The van der Waals surface area contributed by atoms with Crippen LogP contribution in [0.25, 0.3) is 5.69 Å². The largest absolute Gasteiger partial charge is 0.354 e. The maximum atomic E-state index is 12.9. The van der Waals surface area contributed by atoms with Gasteiger partial charge in [-0.1, -0.05) is 26.0 Å². The number of imidazole rings is 1. The van der Waals surface area contributed by atoms with Crippen molar-refractivity contribution in [1.82, 2.24) is 9.55 Å². The molecule has 1 N–H and O–H groups in total. The molecule has 156 valence electrons. The van der Waals surface area contributed by atoms with Gasteiger partial charge in [0.15, 0.2) is 5.82 Å². The van der Waals surface area contributed by atoms with Crippen LogP contribution in [0.2, 0.25) is 0 Å². The SMILES string of the molecule is Cc1cccc(S(=O)(=O)Nc2nc(=O)n3c(C)c(C)sc(SCCC(C)C)c2-3)c1. The van der Waals surface area contributed by atoms with Crippen LogP contribution >= 0.6 is 23.1 Å². The summed E-state index contributed by atoms with van der Waals surface area (Å²) < 4.78 is 30.8. The number of hydrogen-bond donors (Lipinski definition) is 1. The van der Waals surface area contributed by atoms with Crippen molar-refractivity contribution in [2.75, 3.05) is 10.5 Å². The molecule has 3 rings (SSSR count). The second-order valence-electron chi connectivity index (χ2n) is 7.41. The van der Waals surface area contributed by atoms with Gasteiger partial charge in [0, 0.05) is 10.6 Å². The van der Waals surface area contributed by atoms with Gasteiger partial charge in [-0.25, -0.2) is 13.2 Å². The summed E-state index contributed by atoms with van der Waals surface area (Å²) in [6, 6.07) is 6.64. The number of rotatable bonds is 7. The Morgan fingerprint density at radius 3 is 2.62 bits per heavy atom. The van der Waals surface area contributed by atoms with E-state index in [2.05, 4.69) is 23.6 Å². The minimum Gasteiger partial charge on any atom is -0.261 e. The average molecular weight is 452 g/mol. The van der Waals surface area contributed by atoms with Gasteiger partial charge in [-0.2, -0.15) is 4.98 Å². The summed E-state index contributed by atoms with van der Waals surface area (Å²) in [5.41, 5.74) is 1.68. The smallest absolute Gasteiger partial charge is 0.261 e. The number of sulfonamides is 1. The maximum absolute atomic E-state index is 12.9. The topological polar surface area (TPSA) is 81.1 Å². The van der Waals surface area contributed by atoms with Crippen molar-refractivity contribution in [2.45, 2.75) is 50.1 Å². The summed E-state index contributed by atoms with van der Waals surface area (Å²) in [6.07, 6.45) is 1.03. The van der Waals surface area contributed by atoms with Crippen LogP contribution in [-0.4, -0.2) is 23.7 Å². The van der Waals surface area contributed by atoms with E-state index in [9.17, 15) is 13.2 Å². The first-order chi connectivity index (χ1) is 13.6. The van der Waals surface area contributed by atoms with Crippen LogP contribution in [0.15, 0.2) is 38.2 Å². The molecule has 0 saturated carbocycles. The first-order valence-corrected chi connectivity index (χ1v) is 12.6. The van der Waals surface area contributed by atoms with E-state index in [1.165, 1.54) is 10.6 Å². The number of anilines is 1. The second-order valence-corrected chi connectivity index (χ2v) is 11.7. The van der Waals surface area contributed by atoms with Crippen LogP contribution in [-0.2, 0) is 10.0 Å². The van der Waals surface area contributed by atoms with Crippen molar-refractivity contribution in [1.29, 1.82) is 0 Å². The van der Waals surface area contributed by atoms with Gasteiger partial charge in [0.05, 0.1) is 9.10 Å². The lowest BCUT2D eigenvalue weighted by atomic mass is 10.2. The number of aromatic nitrogens is 2. The molecule has 2 heterocycles. The standard InChI is InChI=1S/C20H25N3O3S3/c1-12(2)9-10-27-19-17-18(21-20(24)23(17)14(4)15(5)28-19)22-29(25,26)16-8-6-7-13(3)11-16/h6-8,11-12H,9-10H2,1-5H3,(H,21,22,24). The van der Waals surface area contributed by atoms with Crippen molar-refractivity contribution < 1.29 is 8.42 Å². The van der Waals surface area contributed by atoms with E-state index < -0.39 is 15.7 Å². The molecular formula is C20H25N3O3S3. The van der Waals surface area contributed by atoms with E-state index in [-0.39, 0.29) is 10.7 Å². The van der Waals surface area contributed by atoms with Gasteiger partial charge in [-0.3, -0.25) is 9.29 Å². The summed E-state index contributed by atoms with van der Waals surface area (Å²) in [5, 5.41) is 0. The number of aryl methyl sites for hydroxylation is 2. The minimum absolute atomic E-state index is 0.0860. The zero-order valence-corrected chi connectivity index (χ0v) is 19.6. The highest BCUT2D eigenvalue weighted by Gasteiger charge is 2.26. The molecule has 0 bridgehead atoms. The predicted octanol–water partition coefficient (Wildman–Crippen LogP) is 4.60. The third-order valence-electron chi connectivity index (χ3n) is 4.59. The van der Waals surface area contributed by atoms with Crippen LogP contribution in [0.4, 0.5) is 5.82 Å². The lowest BCUT2D eigenvalue weighted by molar-refractivity contribution is 0.601. The summed E-state index contributed by atoms with van der Waals surface area (Å²) in [4.78, 5) is 17.8. The molecule has 1 aromatic carbocycles. The third kappa shape index (κ3) is 4.67. The Morgan fingerprint density at radius 1 is 1.24 bits per heavy atom. The first kappa shape index (κ1) is 21.9. The fourth-order valence-corrected chi connectivity index (χ4v) is 6.72. The molecule has 0 aromatic heterocycles. The number of nitrogens with one attached hydrogen (secondary N) is 1. The quantitative estimate of drug-likeness (QED) is 0.531. The zero-order chi connectivity index (χ0) is 21.3. The Kier molecular flexibility index (Phi) is 6.40. The number of benzene rings is 1. The molecule has 0 atom stereocenters. The molecule has 6 nitrogen and oxygen atoms in total. The highest BCUT2D eigenvalue weighted by molar-refractivity contribution is 8.01. The Hall–Kier alpha value is -1.84. The maximum Gasteiger partial charge on any atom is 0.354 e. The molecule has 2 aliphatic rings. The number of nitrogens with zero attached hydrogens (tertiary/aromatic N) is 2. The van der Waals surface area contributed by atoms with Gasteiger partial charge in [-0.05, 0) is 56.6 Å². The lowest BCUT2D eigenvalue weighted by Gasteiger charge is -2.16. The molecular weight excluding hydrogens is 426 g/mol. The molecule has 0 saturated heterocycles. The van der Waals surface area contributed by atoms with Gasteiger partial charge in [-0.15, -0.1) is 23.1 Å². The van der Waals surface area contributed by atoms with Crippen LogP contribution in [0, 0.1) is 26.7 Å². The zero-order valence-electron chi connectivity index (χ0n) is 17.1. The Morgan fingerprint density at radius 2 is 1.97 bits per heavy atom. The number of hydrogen-bond acceptors (Lipinski definition) is 6. The fourth-order valence-electron chi connectivity index (χ4n) is 2.84. The normalized spacial score (nSPS) is 12.1. The van der Waals surface area contributed by atoms with E-state index in [0.29, 0.717) is 11.6 Å². The van der Waals surface area contributed by atoms with E-state index in [1.54, 1.807) is 35.2 Å². The molecule has 29 heavy (non-hydrogen) atoms. The van der Waals surface area contributed by atoms with Crippen LogP contribution in [0.5, 0.6) is 0 Å². The van der Waals surface area contributed by atoms with Crippen molar-refractivity contribution in [3.05, 3.63) is 50.9 Å². The highest BCUT2D eigenvalue weighted by Crippen LogP contribution is 2.38. The number of fused-ring (bicyclic) bond motifs is 1. The molecule has 1 aromatic rings. The highest BCUT2D eigenvalue weighted by atomic mass is 32.2. The van der Waals surface area contributed by atoms with Gasteiger partial charge in [0.1, 0.15) is 5.69 Å². The molecule has 9 heteroatoms. The van der Waals surface area contributed by atoms with E-state index in [0.717, 1.165) is 32.5 Å². The molecule has 0 unspecified atom stereocenters. The van der Waals surface area contributed by atoms with Crippen molar-refractivity contribution in [3.8, 4) is 5.69 Å². The fraction of sp³-hybridized carbons (Fsp3) is 0.400. The predicted molar refractivity (Wildman–Crippen MR) is 121 cm³/mol. The first-order valence-electron chi connectivity index (χ1n) is 9.35. The van der Waals surface area contributed by atoms with Gasteiger partial charge in [0.25, 0.3) is 10.0 Å². The Balaban J connectivity index is 2.07. The molecule has 0 spiro atoms. The lowest BCUT2D eigenvalue weighted by Crippen LogP contribution is -2.17. The van der Waals surface area contributed by atoms with E-state index in [4.69, 9.17) is 0 Å². The molecule has 0 fully saturated rings. The summed E-state index contributed by atoms with van der Waals surface area (Å²) >= 11 is 3.20. The van der Waals surface area contributed by atoms with Crippen LogP contribution in [0.1, 0.15) is 36.4 Å². The monoisotopic (exact) mass is 451 g/mol. The summed E-state index contributed by atoms with van der Waals surface area (Å²) in [7, 11) is -3.86. The van der Waals surface area contributed by atoms with Crippen molar-refractivity contribution in [2.24, 2.45) is 5.92 Å². The van der Waals surface area contributed by atoms with Crippen LogP contribution < -0.4 is 10.4 Å². The van der Waals surface area contributed by atoms with Gasteiger partial charge >= 0.3 is 5.69 Å². The third-order valence-corrected chi connectivity index (χ3v) is 8.41. The summed E-state index contributed by atoms with van der Waals surface area (Å²) in [5.74, 6) is 1.53. The second kappa shape index (κ2) is 8.49. The Labute approximate surface area is 179 Å². The minimum atomic E-state index is -3.86. The molecule has 2 aliphatic heterocycles. The van der Waals surface area contributed by atoms with Gasteiger partial charge in [0.2, 0.25) is 0 Å².